The smallest absolute Gasteiger partial charge is 0.275 e. The predicted octanol–water partition coefficient (Wildman–Crippen LogP) is 3.18. The first-order valence-electron chi connectivity index (χ1n) is 7.54. The Morgan fingerprint density at radius 2 is 1.96 bits per heavy atom. The second-order valence-electron chi connectivity index (χ2n) is 5.27. The first-order chi connectivity index (χ1) is 11.2. The summed E-state index contributed by atoms with van der Waals surface area (Å²) in [5.41, 5.74) is 3.46. The fraction of sp³-hybridized carbons (Fsp3) is 0.158. The number of ether oxygens (including phenoxy) is 1. The van der Waals surface area contributed by atoms with Gasteiger partial charge in [-0.3, -0.25) is 4.79 Å². The Balaban J connectivity index is 1.89. The van der Waals surface area contributed by atoms with Gasteiger partial charge in [0.1, 0.15) is 17.3 Å². The average Bonchev–Trinajstić information content (AvgIpc) is 2.96. The lowest BCUT2D eigenvalue weighted by atomic mass is 10.1. The third kappa shape index (κ3) is 3.31. The van der Waals surface area contributed by atoms with Crippen LogP contribution in [0.1, 0.15) is 23.6 Å². The summed E-state index contributed by atoms with van der Waals surface area (Å²) in [5, 5.41) is 2.80. The van der Waals surface area contributed by atoms with Crippen molar-refractivity contribution in [3.05, 3.63) is 70.9 Å². The van der Waals surface area contributed by atoms with Crippen LogP contribution in [0.25, 0.3) is 6.08 Å². The number of aliphatic imine (C=N–C) groups is 1. The van der Waals surface area contributed by atoms with Crippen LogP contribution >= 0.6 is 0 Å². The summed E-state index contributed by atoms with van der Waals surface area (Å²) in [5.74, 6) is 1.08. The fourth-order valence-electron chi connectivity index (χ4n) is 2.38. The minimum Gasteiger partial charge on any atom is -0.497 e. The maximum atomic E-state index is 12.1. The summed E-state index contributed by atoms with van der Waals surface area (Å²) in [6.45, 7) is 2.11. The van der Waals surface area contributed by atoms with E-state index < -0.39 is 0 Å². The molecule has 0 spiro atoms. The molecule has 0 fully saturated rings. The lowest BCUT2D eigenvalue weighted by Crippen LogP contribution is -2.24. The van der Waals surface area contributed by atoms with Gasteiger partial charge in [-0.2, -0.15) is 0 Å². The van der Waals surface area contributed by atoms with Gasteiger partial charge in [-0.05, 0) is 35.8 Å². The number of hydrogen-bond donors (Lipinski definition) is 1. The highest BCUT2D eigenvalue weighted by atomic mass is 16.5. The molecule has 0 aliphatic carbocycles. The van der Waals surface area contributed by atoms with Crippen molar-refractivity contribution in [2.75, 3.05) is 7.11 Å². The van der Waals surface area contributed by atoms with Gasteiger partial charge < -0.3 is 10.1 Å². The number of nitrogens with zero attached hydrogens (tertiary/aromatic N) is 1. The number of nitrogens with one attached hydrogen (secondary N) is 1. The second-order valence-corrected chi connectivity index (χ2v) is 5.27. The second kappa shape index (κ2) is 6.48. The van der Waals surface area contributed by atoms with E-state index in [1.54, 1.807) is 13.2 Å². The summed E-state index contributed by atoms with van der Waals surface area (Å²) in [4.78, 5) is 16.5. The van der Waals surface area contributed by atoms with Gasteiger partial charge in [0, 0.05) is 5.56 Å². The van der Waals surface area contributed by atoms with Crippen molar-refractivity contribution in [3.8, 4) is 5.75 Å². The van der Waals surface area contributed by atoms with Gasteiger partial charge in [-0.15, -0.1) is 0 Å². The van der Waals surface area contributed by atoms with Crippen molar-refractivity contribution in [3.63, 3.8) is 0 Å². The predicted molar refractivity (Wildman–Crippen MR) is 91.5 cm³/mol. The van der Waals surface area contributed by atoms with Gasteiger partial charge in [0.15, 0.2) is 0 Å². The van der Waals surface area contributed by atoms with Crippen LogP contribution in [0.5, 0.6) is 5.75 Å². The summed E-state index contributed by atoms with van der Waals surface area (Å²) >= 11 is 0. The minimum atomic E-state index is -0.192. The third-order valence-electron chi connectivity index (χ3n) is 3.73. The van der Waals surface area contributed by atoms with Crippen molar-refractivity contribution in [1.29, 1.82) is 0 Å². The molecule has 2 aromatic carbocycles. The largest absolute Gasteiger partial charge is 0.497 e. The SMILES string of the molecule is CCc1ccc(/C=C2/N=C(c3cccc(OC)c3)NC2=O)cc1. The van der Waals surface area contributed by atoms with Crippen LogP contribution in [0.3, 0.4) is 0 Å². The highest BCUT2D eigenvalue weighted by Crippen LogP contribution is 2.18. The Bertz CT molecular complexity index is 789. The molecule has 116 valence electrons. The molecule has 0 aromatic heterocycles. The number of methoxy groups -OCH3 is 1. The number of amides is 1. The standard InChI is InChI=1S/C19H18N2O2/c1-3-13-7-9-14(10-8-13)11-17-19(22)21-18(20-17)15-5-4-6-16(12-15)23-2/h4-12H,3H2,1-2H3,(H,20,21,22)/b17-11+. The zero-order chi connectivity index (χ0) is 16.2. The maximum absolute atomic E-state index is 12.1. The first kappa shape index (κ1) is 15.0. The van der Waals surface area contributed by atoms with Crippen LogP contribution in [-0.4, -0.2) is 18.9 Å². The molecule has 0 bridgehead atoms. The number of aryl methyl sites for hydroxylation is 1. The average molecular weight is 306 g/mol. The molecule has 0 unspecified atom stereocenters. The van der Waals surface area contributed by atoms with Crippen LogP contribution in [-0.2, 0) is 11.2 Å². The highest BCUT2D eigenvalue weighted by molar-refractivity contribution is 6.19. The van der Waals surface area contributed by atoms with Gasteiger partial charge in [-0.25, -0.2) is 4.99 Å². The molecule has 1 amide bonds. The van der Waals surface area contributed by atoms with Gasteiger partial charge in [0.05, 0.1) is 7.11 Å². The quantitative estimate of drug-likeness (QED) is 0.882. The minimum absolute atomic E-state index is 0.192. The summed E-state index contributed by atoms with van der Waals surface area (Å²) in [6, 6.07) is 15.6. The van der Waals surface area contributed by atoms with E-state index in [0.717, 1.165) is 23.3 Å². The van der Waals surface area contributed by atoms with E-state index in [4.69, 9.17) is 4.74 Å². The van der Waals surface area contributed by atoms with Gasteiger partial charge >= 0.3 is 0 Å². The first-order valence-corrected chi connectivity index (χ1v) is 7.54. The Morgan fingerprint density at radius 3 is 2.65 bits per heavy atom. The molecule has 0 atom stereocenters. The van der Waals surface area contributed by atoms with E-state index in [-0.39, 0.29) is 5.91 Å². The van der Waals surface area contributed by atoms with Crippen molar-refractivity contribution in [1.82, 2.24) is 5.32 Å². The summed E-state index contributed by atoms with van der Waals surface area (Å²) < 4.78 is 5.20. The Labute approximate surface area is 135 Å². The Hall–Kier alpha value is -2.88. The molecule has 3 rings (SSSR count). The summed E-state index contributed by atoms with van der Waals surface area (Å²) in [6.07, 6.45) is 2.79. The number of rotatable bonds is 4. The molecule has 0 saturated carbocycles. The number of carbonyl (C=O) groups is 1. The number of carbonyl (C=O) groups excluding carboxylic acids is 1. The molecule has 1 heterocycles. The van der Waals surface area contributed by atoms with Crippen LogP contribution in [0.2, 0.25) is 0 Å². The van der Waals surface area contributed by atoms with Crippen molar-refractivity contribution >= 4 is 17.8 Å². The Kier molecular flexibility index (Phi) is 4.24. The molecule has 1 aliphatic rings. The fourth-order valence-corrected chi connectivity index (χ4v) is 2.38. The van der Waals surface area contributed by atoms with E-state index >= 15 is 0 Å². The highest BCUT2D eigenvalue weighted by Gasteiger charge is 2.21. The van der Waals surface area contributed by atoms with E-state index in [0.29, 0.717) is 11.5 Å². The van der Waals surface area contributed by atoms with Crippen LogP contribution in [0.15, 0.2) is 59.2 Å². The number of benzene rings is 2. The van der Waals surface area contributed by atoms with E-state index in [1.807, 2.05) is 36.4 Å². The topological polar surface area (TPSA) is 50.7 Å². The van der Waals surface area contributed by atoms with E-state index in [2.05, 4.69) is 29.4 Å². The molecule has 2 aromatic rings. The molecule has 4 heteroatoms. The summed E-state index contributed by atoms with van der Waals surface area (Å²) in [7, 11) is 1.61. The van der Waals surface area contributed by atoms with E-state index in [9.17, 15) is 4.79 Å². The van der Waals surface area contributed by atoms with Crippen LogP contribution < -0.4 is 10.1 Å². The van der Waals surface area contributed by atoms with E-state index in [1.165, 1.54) is 5.56 Å². The zero-order valence-corrected chi connectivity index (χ0v) is 13.2. The van der Waals surface area contributed by atoms with Crippen molar-refractivity contribution in [2.45, 2.75) is 13.3 Å². The molecule has 4 nitrogen and oxygen atoms in total. The molecule has 1 aliphatic heterocycles. The lowest BCUT2D eigenvalue weighted by molar-refractivity contribution is -0.115. The normalized spacial score (nSPS) is 15.5. The van der Waals surface area contributed by atoms with Crippen LogP contribution in [0.4, 0.5) is 0 Å². The third-order valence-corrected chi connectivity index (χ3v) is 3.73. The van der Waals surface area contributed by atoms with Crippen molar-refractivity contribution in [2.24, 2.45) is 4.99 Å². The lowest BCUT2D eigenvalue weighted by Gasteiger charge is -2.03. The molecule has 0 radical (unpaired) electrons. The molecule has 23 heavy (non-hydrogen) atoms. The zero-order valence-electron chi connectivity index (χ0n) is 13.2. The monoisotopic (exact) mass is 306 g/mol. The van der Waals surface area contributed by atoms with Crippen molar-refractivity contribution < 1.29 is 9.53 Å². The van der Waals surface area contributed by atoms with Gasteiger partial charge in [0.2, 0.25) is 0 Å². The van der Waals surface area contributed by atoms with Crippen LogP contribution in [0, 0.1) is 0 Å². The molecular weight excluding hydrogens is 288 g/mol. The van der Waals surface area contributed by atoms with Gasteiger partial charge in [-0.1, -0.05) is 43.3 Å². The molecule has 1 N–H and O–H groups in total. The maximum Gasteiger partial charge on any atom is 0.275 e. The number of hydrogen-bond acceptors (Lipinski definition) is 3. The molecular formula is C19H18N2O2. The Morgan fingerprint density at radius 1 is 1.17 bits per heavy atom. The number of amidine groups is 1. The van der Waals surface area contributed by atoms with Gasteiger partial charge in [0.25, 0.3) is 5.91 Å². The molecule has 0 saturated heterocycles.